The van der Waals surface area contributed by atoms with Crippen LogP contribution in [0.3, 0.4) is 0 Å². The molecule has 0 amide bonds. The van der Waals surface area contributed by atoms with Gasteiger partial charge >= 0.3 is 0 Å². The number of benzene rings is 2. The second-order valence-electron chi connectivity index (χ2n) is 8.88. The predicted octanol–water partition coefficient (Wildman–Crippen LogP) is 5.23. The smallest absolute Gasteiger partial charge is 0.263 e. The minimum atomic E-state index is -3.81. The second-order valence-corrected chi connectivity index (χ2v) is 10.6. The Morgan fingerprint density at radius 2 is 1.79 bits per heavy atom. The summed E-state index contributed by atoms with van der Waals surface area (Å²) in [5.41, 5.74) is 3.08. The normalized spacial score (nSPS) is 12.2. The molecule has 33 heavy (non-hydrogen) atoms. The van der Waals surface area contributed by atoms with E-state index >= 15 is 0 Å². The van der Waals surface area contributed by atoms with Gasteiger partial charge in [-0.15, -0.1) is 0 Å². The van der Waals surface area contributed by atoms with Crippen molar-refractivity contribution in [2.45, 2.75) is 44.9 Å². The molecule has 0 atom stereocenters. The van der Waals surface area contributed by atoms with Crippen molar-refractivity contribution in [3.05, 3.63) is 72.1 Å². The molecule has 0 aliphatic carbocycles. The van der Waals surface area contributed by atoms with E-state index in [9.17, 15) is 8.42 Å². The second kappa shape index (κ2) is 8.51. The lowest BCUT2D eigenvalue weighted by Crippen LogP contribution is -2.17. The zero-order valence-electron chi connectivity index (χ0n) is 19.5. The first kappa shape index (κ1) is 22.8. The third-order valence-electron chi connectivity index (χ3n) is 5.34. The maximum atomic E-state index is 13.2. The number of nitrogens with one attached hydrogen (secondary N) is 1. The van der Waals surface area contributed by atoms with Crippen LogP contribution in [0.25, 0.3) is 16.6 Å². The van der Waals surface area contributed by atoms with Crippen LogP contribution in [0.4, 0.5) is 5.82 Å². The summed E-state index contributed by atoms with van der Waals surface area (Å²) < 4.78 is 36.4. The van der Waals surface area contributed by atoms with Crippen LogP contribution in [-0.2, 0) is 15.4 Å². The van der Waals surface area contributed by atoms with Gasteiger partial charge in [0.15, 0.2) is 0 Å². The van der Waals surface area contributed by atoms with Gasteiger partial charge in [-0.05, 0) is 61.2 Å². The highest BCUT2D eigenvalue weighted by Gasteiger charge is 2.21. The lowest BCUT2D eigenvalue weighted by atomic mass is 9.87. The van der Waals surface area contributed by atoms with Crippen molar-refractivity contribution in [1.82, 2.24) is 14.8 Å². The first-order valence-corrected chi connectivity index (χ1v) is 12.3. The van der Waals surface area contributed by atoms with Crippen molar-refractivity contribution in [3.63, 3.8) is 0 Å². The molecule has 8 heteroatoms. The Balaban J connectivity index is 1.76. The molecule has 1 N–H and O–H groups in total. The van der Waals surface area contributed by atoms with E-state index in [-0.39, 0.29) is 10.3 Å². The van der Waals surface area contributed by atoms with Crippen molar-refractivity contribution < 1.29 is 13.2 Å². The SMILES string of the molecule is CCOc1ccc(-n2nc(C)cc2NS(=O)(=O)c2ccc(C(C)(C)C)cc2)c2cccnc12. The molecule has 2 heterocycles. The minimum Gasteiger partial charge on any atom is -0.492 e. The third-order valence-corrected chi connectivity index (χ3v) is 6.71. The molecule has 0 aliphatic rings. The Kier molecular flexibility index (Phi) is 5.88. The highest BCUT2D eigenvalue weighted by Crippen LogP contribution is 2.31. The minimum absolute atomic E-state index is 0.0613. The van der Waals surface area contributed by atoms with E-state index in [0.29, 0.717) is 35.1 Å². The zero-order chi connectivity index (χ0) is 23.8. The zero-order valence-corrected chi connectivity index (χ0v) is 20.3. The summed E-state index contributed by atoms with van der Waals surface area (Å²) in [7, 11) is -3.81. The Morgan fingerprint density at radius 1 is 1.06 bits per heavy atom. The van der Waals surface area contributed by atoms with E-state index in [1.807, 2.05) is 50.2 Å². The van der Waals surface area contributed by atoms with Crippen LogP contribution in [0, 0.1) is 6.92 Å². The highest BCUT2D eigenvalue weighted by molar-refractivity contribution is 7.92. The summed E-state index contributed by atoms with van der Waals surface area (Å²) in [6, 6.07) is 16.1. The average molecular weight is 465 g/mol. The van der Waals surface area contributed by atoms with Gasteiger partial charge in [-0.3, -0.25) is 9.71 Å². The molecule has 4 aromatic rings. The Hall–Kier alpha value is -3.39. The lowest BCUT2D eigenvalue weighted by Gasteiger charge is -2.19. The topological polar surface area (TPSA) is 86.1 Å². The summed E-state index contributed by atoms with van der Waals surface area (Å²) in [6.07, 6.45) is 1.70. The fourth-order valence-electron chi connectivity index (χ4n) is 3.67. The first-order valence-electron chi connectivity index (χ1n) is 10.8. The van der Waals surface area contributed by atoms with Crippen LogP contribution in [0.5, 0.6) is 5.75 Å². The number of aryl methyl sites for hydroxylation is 1. The van der Waals surface area contributed by atoms with Gasteiger partial charge in [0.25, 0.3) is 10.0 Å². The molecule has 0 radical (unpaired) electrons. The average Bonchev–Trinajstić information content (AvgIpc) is 3.12. The van der Waals surface area contributed by atoms with E-state index in [0.717, 1.165) is 10.9 Å². The largest absolute Gasteiger partial charge is 0.492 e. The monoisotopic (exact) mass is 464 g/mol. The summed E-state index contributed by atoms with van der Waals surface area (Å²) in [4.78, 5) is 4.66. The van der Waals surface area contributed by atoms with Crippen LogP contribution in [-0.4, -0.2) is 29.8 Å². The number of fused-ring (bicyclic) bond motifs is 1. The highest BCUT2D eigenvalue weighted by atomic mass is 32.2. The fourth-order valence-corrected chi connectivity index (χ4v) is 4.71. The molecule has 0 unspecified atom stereocenters. The van der Waals surface area contributed by atoms with Gasteiger partial charge in [-0.1, -0.05) is 32.9 Å². The van der Waals surface area contributed by atoms with Crippen LogP contribution in [0.15, 0.2) is 65.7 Å². The van der Waals surface area contributed by atoms with Gasteiger partial charge in [0.1, 0.15) is 17.1 Å². The van der Waals surface area contributed by atoms with Crippen LogP contribution in [0.1, 0.15) is 39.0 Å². The number of anilines is 1. The fraction of sp³-hybridized carbons (Fsp3) is 0.280. The molecule has 2 aromatic heterocycles. The standard InChI is InChI=1S/C25H28N4O3S/c1-6-32-22-14-13-21(20-8-7-15-26-24(20)22)29-23(16-17(2)27-29)28-33(30,31)19-11-9-18(10-12-19)25(3,4)5/h7-16,28H,6H2,1-5H3. The number of pyridine rings is 1. The molecule has 0 fully saturated rings. The number of ether oxygens (including phenoxy) is 1. The predicted molar refractivity (Wildman–Crippen MR) is 131 cm³/mol. The molecule has 0 aliphatic heterocycles. The maximum absolute atomic E-state index is 13.2. The Bertz CT molecular complexity index is 1400. The number of nitrogens with zero attached hydrogens (tertiary/aromatic N) is 3. The Labute approximate surface area is 194 Å². The summed E-state index contributed by atoms with van der Waals surface area (Å²) in [5.74, 6) is 1.02. The molecule has 4 rings (SSSR count). The van der Waals surface area contributed by atoms with Gasteiger partial charge in [0.05, 0.1) is 22.9 Å². The molecule has 2 aromatic carbocycles. The maximum Gasteiger partial charge on any atom is 0.263 e. The number of sulfonamides is 1. The van der Waals surface area contributed by atoms with Crippen molar-refractivity contribution >= 4 is 26.7 Å². The molecule has 7 nitrogen and oxygen atoms in total. The van der Waals surface area contributed by atoms with E-state index in [1.165, 1.54) is 0 Å². The van der Waals surface area contributed by atoms with Crippen LogP contribution in [0.2, 0.25) is 0 Å². The van der Waals surface area contributed by atoms with E-state index in [4.69, 9.17) is 4.74 Å². The van der Waals surface area contributed by atoms with Gasteiger partial charge in [-0.2, -0.15) is 5.10 Å². The van der Waals surface area contributed by atoms with Crippen molar-refractivity contribution in [2.24, 2.45) is 0 Å². The molecule has 0 bridgehead atoms. The van der Waals surface area contributed by atoms with Crippen LogP contribution < -0.4 is 9.46 Å². The number of hydrogen-bond acceptors (Lipinski definition) is 5. The van der Waals surface area contributed by atoms with Crippen molar-refractivity contribution in [3.8, 4) is 11.4 Å². The van der Waals surface area contributed by atoms with Gasteiger partial charge in [0, 0.05) is 17.6 Å². The van der Waals surface area contributed by atoms with Crippen molar-refractivity contribution in [2.75, 3.05) is 11.3 Å². The number of hydrogen-bond donors (Lipinski definition) is 1. The van der Waals surface area contributed by atoms with Gasteiger partial charge < -0.3 is 4.74 Å². The molecule has 0 saturated carbocycles. The van der Waals surface area contributed by atoms with Crippen LogP contribution >= 0.6 is 0 Å². The quantitative estimate of drug-likeness (QED) is 0.422. The molecular weight excluding hydrogens is 436 g/mol. The third kappa shape index (κ3) is 4.57. The summed E-state index contributed by atoms with van der Waals surface area (Å²) >= 11 is 0. The molecular formula is C25H28N4O3S. The van der Waals surface area contributed by atoms with E-state index < -0.39 is 10.0 Å². The Morgan fingerprint density at radius 3 is 2.45 bits per heavy atom. The van der Waals surface area contributed by atoms with Crippen molar-refractivity contribution in [1.29, 1.82) is 0 Å². The first-order chi connectivity index (χ1) is 15.6. The van der Waals surface area contributed by atoms with Gasteiger partial charge in [-0.25, -0.2) is 13.1 Å². The molecule has 172 valence electrons. The summed E-state index contributed by atoms with van der Waals surface area (Å²) in [5, 5.41) is 5.36. The number of aromatic nitrogens is 3. The van der Waals surface area contributed by atoms with E-state index in [2.05, 4.69) is 35.6 Å². The lowest BCUT2D eigenvalue weighted by molar-refractivity contribution is 0.343. The van der Waals surface area contributed by atoms with Gasteiger partial charge in [0.2, 0.25) is 0 Å². The molecule has 0 spiro atoms. The molecule has 0 saturated heterocycles. The number of rotatable bonds is 6. The van der Waals surface area contributed by atoms with E-state index in [1.54, 1.807) is 29.1 Å². The summed E-state index contributed by atoms with van der Waals surface area (Å²) in [6.45, 7) is 10.5.